The van der Waals surface area contributed by atoms with Crippen LogP contribution in [0.3, 0.4) is 0 Å². The Morgan fingerprint density at radius 1 is 1.27 bits per heavy atom. The van der Waals surface area contributed by atoms with Gasteiger partial charge in [0.15, 0.2) is 0 Å². The van der Waals surface area contributed by atoms with Crippen molar-refractivity contribution in [3.05, 3.63) is 30.1 Å². The highest BCUT2D eigenvalue weighted by molar-refractivity contribution is 5.97. The predicted molar refractivity (Wildman–Crippen MR) is 85.4 cm³/mol. The minimum Gasteiger partial charge on any atom is -0.341 e. The maximum absolute atomic E-state index is 12.7. The summed E-state index contributed by atoms with van der Waals surface area (Å²) in [4.78, 5) is 30.8. The fraction of sp³-hybridized carbons (Fsp3) is 0.588. The maximum Gasteiger partial charge on any atom is 0.253 e. The molecule has 1 aromatic rings. The molecule has 120 valence electrons. The molecule has 5 heteroatoms. The number of piperidine rings is 1. The number of hydrogen-bond acceptors (Lipinski definition) is 3. The quantitative estimate of drug-likeness (QED) is 0.907. The van der Waals surface area contributed by atoms with Crippen molar-refractivity contribution in [2.24, 2.45) is 5.92 Å². The summed E-state index contributed by atoms with van der Waals surface area (Å²) in [6.45, 7) is 5.73. The third kappa shape index (κ3) is 4.55. The number of hydrogen-bond donors (Lipinski definition) is 1. The van der Waals surface area contributed by atoms with Gasteiger partial charge in [-0.05, 0) is 43.7 Å². The first-order valence-electron chi connectivity index (χ1n) is 8.07. The van der Waals surface area contributed by atoms with Gasteiger partial charge < -0.3 is 10.2 Å². The summed E-state index contributed by atoms with van der Waals surface area (Å²) in [6.07, 6.45) is 7.09. The van der Waals surface area contributed by atoms with Gasteiger partial charge in [-0.2, -0.15) is 0 Å². The zero-order chi connectivity index (χ0) is 15.9. The van der Waals surface area contributed by atoms with Crippen LogP contribution in [-0.4, -0.2) is 40.8 Å². The minimum absolute atomic E-state index is 0.0469. The molecule has 0 aromatic carbocycles. The first-order chi connectivity index (χ1) is 10.6. The van der Waals surface area contributed by atoms with E-state index >= 15 is 0 Å². The topological polar surface area (TPSA) is 62.3 Å². The van der Waals surface area contributed by atoms with Crippen molar-refractivity contribution < 1.29 is 9.59 Å². The highest BCUT2D eigenvalue weighted by atomic mass is 16.2. The predicted octanol–water partition coefficient (Wildman–Crippen LogP) is 2.24. The number of nitrogens with zero attached hydrogens (tertiary/aromatic N) is 2. The van der Waals surface area contributed by atoms with Crippen LogP contribution in [0.15, 0.2) is 24.5 Å². The molecular formula is C17H25N3O2. The molecule has 1 fully saturated rings. The van der Waals surface area contributed by atoms with Gasteiger partial charge in [0, 0.05) is 25.5 Å². The fourth-order valence-electron chi connectivity index (χ4n) is 2.77. The number of carbonyl (C=O) groups is 2. The second-order valence-corrected chi connectivity index (χ2v) is 6.28. The lowest BCUT2D eigenvalue weighted by molar-refractivity contribution is -0.134. The van der Waals surface area contributed by atoms with Gasteiger partial charge in [-0.3, -0.25) is 14.6 Å². The van der Waals surface area contributed by atoms with Crippen LogP contribution in [0.1, 0.15) is 49.9 Å². The summed E-state index contributed by atoms with van der Waals surface area (Å²) < 4.78 is 0. The van der Waals surface area contributed by atoms with Crippen LogP contribution in [0.4, 0.5) is 0 Å². The van der Waals surface area contributed by atoms with Gasteiger partial charge >= 0.3 is 0 Å². The van der Waals surface area contributed by atoms with Crippen LogP contribution in [-0.2, 0) is 4.79 Å². The molecule has 0 spiro atoms. The average molecular weight is 303 g/mol. The number of pyridine rings is 1. The molecule has 0 bridgehead atoms. The van der Waals surface area contributed by atoms with E-state index in [1.165, 1.54) is 12.6 Å². The summed E-state index contributed by atoms with van der Waals surface area (Å²) in [7, 11) is 0. The van der Waals surface area contributed by atoms with E-state index in [-0.39, 0.29) is 11.8 Å². The highest BCUT2D eigenvalue weighted by Gasteiger charge is 2.27. The Balaban J connectivity index is 2.05. The van der Waals surface area contributed by atoms with Gasteiger partial charge in [0.1, 0.15) is 6.04 Å². The molecule has 2 rings (SSSR count). The van der Waals surface area contributed by atoms with Crippen LogP contribution in [0.2, 0.25) is 0 Å². The number of aromatic nitrogens is 1. The second-order valence-electron chi connectivity index (χ2n) is 6.28. The summed E-state index contributed by atoms with van der Waals surface area (Å²) in [6, 6.07) is 2.98. The molecule has 0 radical (unpaired) electrons. The monoisotopic (exact) mass is 303 g/mol. The molecule has 0 saturated carbocycles. The number of likely N-dealkylation sites (tertiary alicyclic amines) is 1. The first-order valence-corrected chi connectivity index (χ1v) is 8.07. The van der Waals surface area contributed by atoms with Gasteiger partial charge in [-0.15, -0.1) is 0 Å². The lowest BCUT2D eigenvalue weighted by Gasteiger charge is -2.31. The van der Waals surface area contributed by atoms with E-state index in [0.29, 0.717) is 17.9 Å². The lowest BCUT2D eigenvalue weighted by Crippen LogP contribution is -2.50. The first kappa shape index (κ1) is 16.5. The zero-order valence-corrected chi connectivity index (χ0v) is 13.4. The van der Waals surface area contributed by atoms with Gasteiger partial charge in [-0.25, -0.2) is 0 Å². The maximum atomic E-state index is 12.7. The number of amides is 2. The molecule has 2 heterocycles. The smallest absolute Gasteiger partial charge is 0.253 e. The Labute approximate surface area is 132 Å². The van der Waals surface area contributed by atoms with Gasteiger partial charge in [0.05, 0.1) is 5.56 Å². The summed E-state index contributed by atoms with van der Waals surface area (Å²) in [5, 5.41) is 2.89. The van der Waals surface area contributed by atoms with E-state index in [4.69, 9.17) is 0 Å². The standard InChI is InChI=1S/C17H25N3O2/c1-13(2)11-15(17(22)20-9-4-3-5-10-20)19-16(21)14-7-6-8-18-12-14/h6-8,12-13,15H,3-5,9-11H2,1-2H3,(H,19,21)/t15-/m1/s1. The molecule has 0 unspecified atom stereocenters. The Morgan fingerprint density at radius 2 is 2.00 bits per heavy atom. The molecule has 1 saturated heterocycles. The largest absolute Gasteiger partial charge is 0.341 e. The average Bonchev–Trinajstić information content (AvgIpc) is 2.54. The van der Waals surface area contributed by atoms with E-state index < -0.39 is 6.04 Å². The highest BCUT2D eigenvalue weighted by Crippen LogP contribution is 2.14. The molecule has 1 aromatic heterocycles. The van der Waals surface area contributed by atoms with Crippen molar-refractivity contribution >= 4 is 11.8 Å². The Kier molecular flexibility index (Phi) is 5.92. The van der Waals surface area contributed by atoms with E-state index in [1.807, 2.05) is 4.90 Å². The Bertz CT molecular complexity index is 496. The Morgan fingerprint density at radius 3 is 2.59 bits per heavy atom. The second kappa shape index (κ2) is 7.92. The number of rotatable bonds is 5. The molecule has 1 aliphatic rings. The molecule has 1 aliphatic heterocycles. The third-order valence-corrected chi connectivity index (χ3v) is 3.90. The lowest BCUT2D eigenvalue weighted by atomic mass is 10.0. The summed E-state index contributed by atoms with van der Waals surface area (Å²) in [5.41, 5.74) is 0.489. The summed E-state index contributed by atoms with van der Waals surface area (Å²) in [5.74, 6) is 0.155. The van der Waals surface area contributed by atoms with Crippen LogP contribution in [0.5, 0.6) is 0 Å². The molecular weight excluding hydrogens is 278 g/mol. The van der Waals surface area contributed by atoms with Crippen LogP contribution in [0.25, 0.3) is 0 Å². The van der Waals surface area contributed by atoms with Crippen molar-refractivity contribution in [1.29, 1.82) is 0 Å². The number of nitrogens with one attached hydrogen (secondary N) is 1. The van der Waals surface area contributed by atoms with E-state index in [2.05, 4.69) is 24.1 Å². The third-order valence-electron chi connectivity index (χ3n) is 3.90. The van der Waals surface area contributed by atoms with Gasteiger partial charge in [-0.1, -0.05) is 13.8 Å². The molecule has 22 heavy (non-hydrogen) atoms. The Hall–Kier alpha value is -1.91. The van der Waals surface area contributed by atoms with Crippen LogP contribution >= 0.6 is 0 Å². The normalized spacial score (nSPS) is 16.4. The van der Waals surface area contributed by atoms with Crippen molar-refractivity contribution in [1.82, 2.24) is 15.2 Å². The van der Waals surface area contributed by atoms with Crippen molar-refractivity contribution in [2.45, 2.75) is 45.6 Å². The van der Waals surface area contributed by atoms with Crippen molar-refractivity contribution in [3.8, 4) is 0 Å². The SMILES string of the molecule is CC(C)C[C@@H](NC(=O)c1cccnc1)C(=O)N1CCCCC1. The van der Waals surface area contributed by atoms with E-state index in [9.17, 15) is 9.59 Å². The minimum atomic E-state index is -0.453. The number of carbonyl (C=O) groups excluding carboxylic acids is 2. The van der Waals surface area contributed by atoms with Crippen LogP contribution in [0, 0.1) is 5.92 Å². The molecule has 5 nitrogen and oxygen atoms in total. The van der Waals surface area contributed by atoms with E-state index in [1.54, 1.807) is 18.3 Å². The molecule has 1 atom stereocenters. The van der Waals surface area contributed by atoms with Crippen molar-refractivity contribution in [3.63, 3.8) is 0 Å². The van der Waals surface area contributed by atoms with Gasteiger partial charge in [0.2, 0.25) is 5.91 Å². The summed E-state index contributed by atoms with van der Waals surface area (Å²) >= 11 is 0. The fourth-order valence-corrected chi connectivity index (χ4v) is 2.77. The molecule has 1 N–H and O–H groups in total. The van der Waals surface area contributed by atoms with Gasteiger partial charge in [0.25, 0.3) is 5.91 Å². The van der Waals surface area contributed by atoms with Crippen molar-refractivity contribution in [2.75, 3.05) is 13.1 Å². The van der Waals surface area contributed by atoms with E-state index in [0.717, 1.165) is 25.9 Å². The van der Waals surface area contributed by atoms with Crippen LogP contribution < -0.4 is 5.32 Å². The zero-order valence-electron chi connectivity index (χ0n) is 13.4. The molecule has 2 amide bonds. The molecule has 0 aliphatic carbocycles.